The molecule has 0 spiro atoms. The predicted octanol–water partition coefficient (Wildman–Crippen LogP) is 2.50. The molecule has 0 amide bonds. The van der Waals surface area contributed by atoms with E-state index in [2.05, 4.69) is 40.5 Å². The number of esters is 1. The van der Waals surface area contributed by atoms with E-state index in [4.69, 9.17) is 4.74 Å². The maximum absolute atomic E-state index is 12.1. The van der Waals surface area contributed by atoms with Gasteiger partial charge in [-0.2, -0.15) is 0 Å². The number of pyridine rings is 2. The monoisotopic (exact) mass is 454 g/mol. The Hall–Kier alpha value is -4.31. The first kappa shape index (κ1) is 21.5. The van der Waals surface area contributed by atoms with Crippen molar-refractivity contribution in [2.75, 3.05) is 18.4 Å². The van der Waals surface area contributed by atoms with Crippen molar-refractivity contribution >= 4 is 17.6 Å². The Morgan fingerprint density at radius 1 is 1.00 bits per heavy atom. The van der Waals surface area contributed by atoms with Crippen molar-refractivity contribution in [2.45, 2.75) is 19.4 Å². The maximum Gasteiger partial charge on any atom is 0.340 e. The third-order valence-electron chi connectivity index (χ3n) is 5.15. The van der Waals surface area contributed by atoms with Crippen LogP contribution in [0.5, 0.6) is 0 Å². The summed E-state index contributed by atoms with van der Waals surface area (Å²) in [6.45, 7) is 3.31. The number of hydrogen-bond acceptors (Lipinski definition) is 10. The summed E-state index contributed by atoms with van der Waals surface area (Å²) >= 11 is 0. The van der Waals surface area contributed by atoms with Gasteiger partial charge in [0.05, 0.1) is 12.0 Å². The molecule has 0 aromatic carbocycles. The van der Waals surface area contributed by atoms with E-state index < -0.39 is 0 Å². The second-order valence-electron chi connectivity index (χ2n) is 7.81. The molecule has 170 valence electrons. The van der Waals surface area contributed by atoms with Crippen molar-refractivity contribution in [1.82, 2.24) is 35.2 Å². The van der Waals surface area contributed by atoms with Crippen LogP contribution in [0.4, 0.5) is 11.6 Å². The summed E-state index contributed by atoms with van der Waals surface area (Å²) in [5.74, 6) is 1.95. The first-order chi connectivity index (χ1) is 16.6. The third-order valence-corrected chi connectivity index (χ3v) is 5.15. The molecule has 5 heterocycles. The highest BCUT2D eigenvalue weighted by atomic mass is 16.5. The first-order valence-corrected chi connectivity index (χ1v) is 10.8. The smallest absolute Gasteiger partial charge is 0.340 e. The fraction of sp³-hybridized carbons (Fsp3) is 0.208. The van der Waals surface area contributed by atoms with E-state index in [1.54, 1.807) is 36.7 Å². The van der Waals surface area contributed by atoms with Gasteiger partial charge in [0.1, 0.15) is 29.3 Å². The molecule has 0 radical (unpaired) electrons. The summed E-state index contributed by atoms with van der Waals surface area (Å²) in [6, 6.07) is 12.7. The maximum atomic E-state index is 12.1. The van der Waals surface area contributed by atoms with Crippen LogP contribution in [-0.4, -0.2) is 55.1 Å². The Morgan fingerprint density at radius 3 is 2.56 bits per heavy atom. The van der Waals surface area contributed by atoms with Gasteiger partial charge >= 0.3 is 5.97 Å². The second kappa shape index (κ2) is 9.67. The summed E-state index contributed by atoms with van der Waals surface area (Å²) < 4.78 is 5.36. The van der Waals surface area contributed by atoms with E-state index in [0.717, 1.165) is 11.4 Å². The lowest BCUT2D eigenvalue weighted by Crippen LogP contribution is -2.49. The highest BCUT2D eigenvalue weighted by Crippen LogP contribution is 2.17. The molecular formula is C24H22N8O2. The summed E-state index contributed by atoms with van der Waals surface area (Å²) in [7, 11) is 0. The zero-order valence-electron chi connectivity index (χ0n) is 18.5. The quantitative estimate of drug-likeness (QED) is 0.402. The molecule has 4 aromatic rings. The van der Waals surface area contributed by atoms with Crippen molar-refractivity contribution < 1.29 is 9.53 Å². The first-order valence-electron chi connectivity index (χ1n) is 10.8. The number of rotatable bonds is 7. The molecule has 1 aliphatic rings. The molecule has 34 heavy (non-hydrogen) atoms. The molecule has 4 aromatic heterocycles. The lowest BCUT2D eigenvalue weighted by atomic mass is 10.2. The van der Waals surface area contributed by atoms with E-state index in [1.165, 1.54) is 6.20 Å². The molecule has 10 heteroatoms. The number of hydrogen-bond donors (Lipinski definition) is 2. The van der Waals surface area contributed by atoms with Gasteiger partial charge < -0.3 is 15.4 Å². The van der Waals surface area contributed by atoms with E-state index in [-0.39, 0.29) is 12.1 Å². The Bertz CT molecular complexity index is 1310. The van der Waals surface area contributed by atoms with Gasteiger partial charge in [0, 0.05) is 43.1 Å². The number of aromatic nitrogens is 6. The van der Waals surface area contributed by atoms with Gasteiger partial charge in [-0.3, -0.25) is 4.98 Å². The Kier molecular flexibility index (Phi) is 6.13. The van der Waals surface area contributed by atoms with Gasteiger partial charge in [-0.25, -0.2) is 29.7 Å². The third kappa shape index (κ3) is 5.18. The van der Waals surface area contributed by atoms with Gasteiger partial charge in [-0.15, -0.1) is 0 Å². The number of carbonyl (C=O) groups excluding carboxylic acids is 1. The summed E-state index contributed by atoms with van der Waals surface area (Å²) in [5.41, 5.74) is 2.77. The normalized spacial score (nSPS) is 13.2. The summed E-state index contributed by atoms with van der Waals surface area (Å²) in [6.07, 6.45) is 5.23. The zero-order chi connectivity index (χ0) is 23.3. The van der Waals surface area contributed by atoms with Crippen LogP contribution in [0.3, 0.4) is 0 Å². The van der Waals surface area contributed by atoms with Gasteiger partial charge in [0.25, 0.3) is 0 Å². The average molecular weight is 454 g/mol. The van der Waals surface area contributed by atoms with Crippen LogP contribution in [0.15, 0.2) is 61.1 Å². The number of carbonyl (C=O) groups is 1. The minimum absolute atomic E-state index is 0.0603. The molecule has 0 bridgehead atoms. The van der Waals surface area contributed by atoms with Crippen molar-refractivity contribution in [3.8, 4) is 11.5 Å². The van der Waals surface area contributed by atoms with Gasteiger partial charge in [0.15, 0.2) is 5.82 Å². The molecule has 5 rings (SSSR count). The topological polar surface area (TPSA) is 128 Å². The molecule has 0 atom stereocenters. The largest absolute Gasteiger partial charge is 0.456 e. The highest BCUT2D eigenvalue weighted by molar-refractivity contribution is 5.89. The van der Waals surface area contributed by atoms with Crippen LogP contribution in [0.1, 0.15) is 27.6 Å². The lowest BCUT2D eigenvalue weighted by Gasteiger charge is -2.26. The number of aryl methyl sites for hydroxylation is 1. The van der Waals surface area contributed by atoms with E-state index >= 15 is 0 Å². The Labute approximate surface area is 195 Å². The van der Waals surface area contributed by atoms with Gasteiger partial charge in [-0.1, -0.05) is 6.07 Å². The molecule has 1 saturated heterocycles. The molecule has 0 unspecified atom stereocenters. The molecule has 0 aliphatic carbocycles. The number of anilines is 2. The minimum Gasteiger partial charge on any atom is -0.456 e. The number of nitrogens with one attached hydrogen (secondary N) is 2. The predicted molar refractivity (Wildman–Crippen MR) is 124 cm³/mol. The van der Waals surface area contributed by atoms with Gasteiger partial charge in [0.2, 0.25) is 0 Å². The van der Waals surface area contributed by atoms with Crippen molar-refractivity contribution in [3.05, 3.63) is 83.8 Å². The van der Waals surface area contributed by atoms with Crippen LogP contribution in [0, 0.1) is 6.92 Å². The fourth-order valence-corrected chi connectivity index (χ4v) is 3.28. The van der Waals surface area contributed by atoms with E-state index in [9.17, 15) is 4.79 Å². The molecule has 0 saturated carbocycles. The van der Waals surface area contributed by atoms with Crippen molar-refractivity contribution in [2.24, 2.45) is 0 Å². The Balaban J connectivity index is 1.25. The van der Waals surface area contributed by atoms with Gasteiger partial charge in [-0.05, 0) is 43.3 Å². The van der Waals surface area contributed by atoms with Crippen LogP contribution >= 0.6 is 0 Å². The fourth-order valence-electron chi connectivity index (χ4n) is 3.28. The lowest BCUT2D eigenvalue weighted by molar-refractivity contribution is 0.0169. The van der Waals surface area contributed by atoms with Crippen LogP contribution in [0.25, 0.3) is 11.5 Å². The van der Waals surface area contributed by atoms with Crippen LogP contribution in [-0.2, 0) is 11.2 Å². The van der Waals surface area contributed by atoms with E-state index in [1.807, 2.05) is 25.1 Å². The second-order valence-corrected chi connectivity index (χ2v) is 7.81. The zero-order valence-corrected chi connectivity index (χ0v) is 18.5. The van der Waals surface area contributed by atoms with Crippen molar-refractivity contribution in [3.63, 3.8) is 0 Å². The average Bonchev–Trinajstić information content (AvgIpc) is 2.82. The minimum atomic E-state index is -0.363. The highest BCUT2D eigenvalue weighted by Gasteiger charge is 2.22. The molecule has 10 nitrogen and oxygen atoms in total. The Morgan fingerprint density at radius 2 is 1.82 bits per heavy atom. The van der Waals surface area contributed by atoms with Crippen LogP contribution < -0.4 is 10.6 Å². The van der Waals surface area contributed by atoms with E-state index in [0.29, 0.717) is 54.1 Å². The molecular weight excluding hydrogens is 432 g/mol. The molecule has 2 N–H and O–H groups in total. The number of nitrogens with zero attached hydrogens (tertiary/aromatic N) is 6. The summed E-state index contributed by atoms with van der Waals surface area (Å²) in [4.78, 5) is 38.7. The number of ether oxygens (including phenoxy) is 1. The molecule has 1 fully saturated rings. The molecule has 1 aliphatic heterocycles. The summed E-state index contributed by atoms with van der Waals surface area (Å²) in [5, 5.41) is 6.26. The van der Waals surface area contributed by atoms with Crippen LogP contribution in [0.2, 0.25) is 0 Å². The standard InChI is InChI=1S/C24H22N8O2/c1-15-3-2-4-19(29-15)23-27-10-8-21(32-23)30-20-7-9-26-22(31-20)11-17-6-5-16(12-28-17)24(33)34-18-13-25-14-18/h2-10,12,18,25H,11,13-14H2,1H3,(H,26,27,30,31,32). The van der Waals surface area contributed by atoms with Crippen molar-refractivity contribution in [1.29, 1.82) is 0 Å². The SMILES string of the molecule is Cc1cccc(-c2nccc(Nc3ccnc(Cc4ccc(C(=O)OC5CNC5)cn4)n3)n2)n1.